The Morgan fingerprint density at radius 3 is 2.50 bits per heavy atom. The van der Waals surface area contributed by atoms with Gasteiger partial charge in [-0.25, -0.2) is 4.98 Å². The Hall–Kier alpha value is -2.79. The highest BCUT2D eigenvalue weighted by Gasteiger charge is 2.15. The van der Waals surface area contributed by atoms with Gasteiger partial charge in [0.15, 0.2) is 0 Å². The van der Waals surface area contributed by atoms with Crippen molar-refractivity contribution in [1.82, 2.24) is 4.98 Å². The Bertz CT molecular complexity index is 1050. The first-order valence-corrected chi connectivity index (χ1v) is 12.7. The van der Waals surface area contributed by atoms with Crippen molar-refractivity contribution in [2.45, 2.75) is 59.0 Å². The van der Waals surface area contributed by atoms with Crippen LogP contribution >= 0.6 is 0 Å². The molecule has 3 aromatic rings. The van der Waals surface area contributed by atoms with Gasteiger partial charge in [0.05, 0.1) is 24.4 Å². The van der Waals surface area contributed by atoms with E-state index in [9.17, 15) is 0 Å². The van der Waals surface area contributed by atoms with Gasteiger partial charge in [-0.15, -0.1) is 0 Å². The molecule has 0 atom stereocenters. The minimum Gasteiger partial charge on any atom is -0.493 e. The fourth-order valence-electron chi connectivity index (χ4n) is 4.37. The van der Waals surface area contributed by atoms with Gasteiger partial charge in [-0.3, -0.25) is 0 Å². The molecule has 0 unspecified atom stereocenters. The molecule has 182 valence electrons. The molecule has 34 heavy (non-hydrogen) atoms. The van der Waals surface area contributed by atoms with Crippen LogP contribution in [-0.2, 0) is 11.3 Å². The Balaban J connectivity index is 1.36. The zero-order valence-corrected chi connectivity index (χ0v) is 20.6. The van der Waals surface area contributed by atoms with Gasteiger partial charge < -0.3 is 18.9 Å². The van der Waals surface area contributed by atoms with Gasteiger partial charge in [-0.05, 0) is 69.2 Å². The van der Waals surface area contributed by atoms with E-state index in [0.29, 0.717) is 13.2 Å². The van der Waals surface area contributed by atoms with E-state index in [2.05, 4.69) is 19.9 Å². The molecule has 1 aromatic heterocycles. The highest BCUT2D eigenvalue weighted by atomic mass is 16.5. The molecule has 5 nitrogen and oxygen atoms in total. The molecule has 5 heteroatoms. The maximum atomic E-state index is 6.18. The number of unbranched alkanes of at least 4 members (excludes halogenated alkanes) is 1. The fraction of sp³-hybridized carbons (Fsp3) is 0.483. The molecule has 1 aliphatic heterocycles. The lowest BCUT2D eigenvalue weighted by Crippen LogP contribution is -2.16. The first kappa shape index (κ1) is 24.3. The quantitative estimate of drug-likeness (QED) is 0.274. The van der Waals surface area contributed by atoms with Crippen LogP contribution in [-0.4, -0.2) is 31.4 Å². The van der Waals surface area contributed by atoms with Crippen LogP contribution in [0.5, 0.6) is 17.2 Å². The highest BCUT2D eigenvalue weighted by molar-refractivity contribution is 5.86. The SMILES string of the molecule is CCCCOc1c(C)c(COc2cccc(OCCCC3CCOCC3)c2)nc2ccccc12. The molecule has 0 amide bonds. The second-order valence-electron chi connectivity index (χ2n) is 9.04. The third-order valence-electron chi connectivity index (χ3n) is 6.47. The normalized spacial score (nSPS) is 14.3. The number of nitrogens with zero attached hydrogens (tertiary/aromatic N) is 1. The summed E-state index contributed by atoms with van der Waals surface area (Å²) in [6.45, 7) is 7.87. The monoisotopic (exact) mass is 463 g/mol. The van der Waals surface area contributed by atoms with Crippen molar-refractivity contribution in [1.29, 1.82) is 0 Å². The second kappa shape index (κ2) is 12.6. The van der Waals surface area contributed by atoms with E-state index in [4.69, 9.17) is 23.9 Å². The summed E-state index contributed by atoms with van der Waals surface area (Å²) >= 11 is 0. The molecule has 0 radical (unpaired) electrons. The smallest absolute Gasteiger partial charge is 0.133 e. The van der Waals surface area contributed by atoms with Crippen molar-refractivity contribution >= 4 is 10.9 Å². The topological polar surface area (TPSA) is 49.8 Å². The summed E-state index contributed by atoms with van der Waals surface area (Å²) in [6, 6.07) is 16.0. The van der Waals surface area contributed by atoms with Crippen molar-refractivity contribution < 1.29 is 18.9 Å². The van der Waals surface area contributed by atoms with Crippen molar-refractivity contribution in [3.05, 3.63) is 59.8 Å². The van der Waals surface area contributed by atoms with Crippen molar-refractivity contribution in [2.24, 2.45) is 5.92 Å². The van der Waals surface area contributed by atoms with Gasteiger partial charge in [-0.1, -0.05) is 31.5 Å². The Kier molecular flexibility index (Phi) is 9.03. The standard InChI is InChI=1S/C29H37NO4/c1-3-4-16-33-29-22(2)28(30-27-13-6-5-12-26(27)29)21-34-25-11-7-10-24(20-25)32-17-8-9-23-14-18-31-19-15-23/h5-7,10-13,20,23H,3-4,8-9,14-19,21H2,1-2H3. The zero-order chi connectivity index (χ0) is 23.6. The van der Waals surface area contributed by atoms with E-state index in [-0.39, 0.29) is 0 Å². The average Bonchev–Trinajstić information content (AvgIpc) is 2.88. The van der Waals surface area contributed by atoms with Crippen LogP contribution in [0.3, 0.4) is 0 Å². The number of benzene rings is 2. The summed E-state index contributed by atoms with van der Waals surface area (Å²) in [5.74, 6) is 3.32. The molecule has 0 bridgehead atoms. The van der Waals surface area contributed by atoms with Crippen molar-refractivity contribution in [3.63, 3.8) is 0 Å². The molecule has 0 spiro atoms. The lowest BCUT2D eigenvalue weighted by Gasteiger charge is -2.21. The summed E-state index contributed by atoms with van der Waals surface area (Å²) in [6.07, 6.45) is 6.76. The second-order valence-corrected chi connectivity index (χ2v) is 9.04. The molecule has 0 saturated carbocycles. The molecule has 1 aliphatic rings. The van der Waals surface area contributed by atoms with E-state index in [1.165, 1.54) is 19.3 Å². The van der Waals surface area contributed by atoms with Gasteiger partial charge in [0.2, 0.25) is 0 Å². The van der Waals surface area contributed by atoms with Gasteiger partial charge in [0.25, 0.3) is 0 Å². The van der Waals surface area contributed by atoms with Crippen LogP contribution in [0.25, 0.3) is 10.9 Å². The number of para-hydroxylation sites is 1. The third kappa shape index (κ3) is 6.63. The van der Waals surface area contributed by atoms with Crippen molar-refractivity contribution in [2.75, 3.05) is 26.4 Å². The molecular weight excluding hydrogens is 426 g/mol. The molecule has 2 aromatic carbocycles. The van der Waals surface area contributed by atoms with Crippen LogP contribution in [0.1, 0.15) is 56.7 Å². The molecule has 0 aliphatic carbocycles. The first-order valence-electron chi connectivity index (χ1n) is 12.7. The van der Waals surface area contributed by atoms with Crippen molar-refractivity contribution in [3.8, 4) is 17.2 Å². The Morgan fingerprint density at radius 2 is 1.68 bits per heavy atom. The molecular formula is C29H37NO4. The molecule has 1 fully saturated rings. The summed E-state index contributed by atoms with van der Waals surface area (Å²) in [7, 11) is 0. The van der Waals surface area contributed by atoms with Crippen LogP contribution in [0.4, 0.5) is 0 Å². The average molecular weight is 464 g/mol. The lowest BCUT2D eigenvalue weighted by molar-refractivity contribution is 0.0620. The Morgan fingerprint density at radius 1 is 0.912 bits per heavy atom. The Labute approximate surface area is 203 Å². The molecule has 1 saturated heterocycles. The number of aromatic nitrogens is 1. The molecule has 0 N–H and O–H groups in total. The summed E-state index contributed by atoms with van der Waals surface area (Å²) < 4.78 is 23.8. The zero-order valence-electron chi connectivity index (χ0n) is 20.6. The summed E-state index contributed by atoms with van der Waals surface area (Å²) in [5, 5.41) is 1.05. The highest BCUT2D eigenvalue weighted by Crippen LogP contribution is 2.31. The number of fused-ring (bicyclic) bond motifs is 1. The van der Waals surface area contributed by atoms with Gasteiger partial charge in [0.1, 0.15) is 23.9 Å². The van der Waals surface area contributed by atoms with Crippen LogP contribution < -0.4 is 14.2 Å². The number of ether oxygens (including phenoxy) is 4. The van der Waals surface area contributed by atoms with E-state index >= 15 is 0 Å². The van der Waals surface area contributed by atoms with E-state index in [0.717, 1.165) is 84.4 Å². The number of hydrogen-bond acceptors (Lipinski definition) is 5. The summed E-state index contributed by atoms with van der Waals surface area (Å²) in [4.78, 5) is 4.86. The summed E-state index contributed by atoms with van der Waals surface area (Å²) in [5.41, 5.74) is 2.86. The predicted molar refractivity (Wildman–Crippen MR) is 136 cm³/mol. The maximum Gasteiger partial charge on any atom is 0.133 e. The predicted octanol–water partition coefficient (Wildman–Crippen LogP) is 6.89. The van der Waals surface area contributed by atoms with E-state index in [1.54, 1.807) is 0 Å². The van der Waals surface area contributed by atoms with Gasteiger partial charge >= 0.3 is 0 Å². The minimum atomic E-state index is 0.383. The van der Waals surface area contributed by atoms with Crippen LogP contribution in [0.15, 0.2) is 48.5 Å². The van der Waals surface area contributed by atoms with E-state index in [1.807, 2.05) is 42.5 Å². The number of pyridine rings is 1. The first-order chi connectivity index (χ1) is 16.7. The van der Waals surface area contributed by atoms with Gasteiger partial charge in [-0.2, -0.15) is 0 Å². The minimum absolute atomic E-state index is 0.383. The van der Waals surface area contributed by atoms with E-state index < -0.39 is 0 Å². The van der Waals surface area contributed by atoms with Crippen LogP contribution in [0.2, 0.25) is 0 Å². The van der Waals surface area contributed by atoms with Gasteiger partial charge in [0, 0.05) is 30.2 Å². The van der Waals surface area contributed by atoms with Crippen LogP contribution in [0, 0.1) is 12.8 Å². The number of rotatable bonds is 12. The number of hydrogen-bond donors (Lipinski definition) is 0. The lowest BCUT2D eigenvalue weighted by atomic mass is 9.95. The molecule has 4 rings (SSSR count). The molecule has 2 heterocycles. The largest absolute Gasteiger partial charge is 0.493 e. The third-order valence-corrected chi connectivity index (χ3v) is 6.47. The maximum absolute atomic E-state index is 6.18. The fourth-order valence-corrected chi connectivity index (χ4v) is 4.37.